The number of hydrogen-bond donors (Lipinski definition) is 1. The minimum Gasteiger partial charge on any atom is -0.487 e. The third kappa shape index (κ3) is 3.04. The van der Waals surface area contributed by atoms with Gasteiger partial charge in [-0.25, -0.2) is 0 Å². The van der Waals surface area contributed by atoms with Gasteiger partial charge in [0.05, 0.1) is 5.69 Å². The fourth-order valence-electron chi connectivity index (χ4n) is 1.36. The molecule has 0 saturated heterocycles. The Morgan fingerprint density at radius 2 is 1.94 bits per heavy atom. The summed E-state index contributed by atoms with van der Waals surface area (Å²) < 4.78 is 5.51. The first-order chi connectivity index (χ1) is 8.25. The molecule has 0 aliphatic heterocycles. The summed E-state index contributed by atoms with van der Waals surface area (Å²) in [7, 11) is 0. The van der Waals surface area contributed by atoms with E-state index in [0.717, 1.165) is 5.69 Å². The largest absolute Gasteiger partial charge is 0.487 e. The highest BCUT2D eigenvalue weighted by atomic mass is 16.5. The minimum absolute atomic E-state index is 0.400. The molecule has 0 fully saturated rings. The highest BCUT2D eigenvalue weighted by Crippen LogP contribution is 2.13. The van der Waals surface area contributed by atoms with Crippen LogP contribution in [0.2, 0.25) is 0 Å². The normalized spacial score (nSPS) is 9.88. The van der Waals surface area contributed by atoms with Crippen molar-refractivity contribution in [2.45, 2.75) is 6.61 Å². The van der Waals surface area contributed by atoms with Gasteiger partial charge < -0.3 is 10.5 Å². The van der Waals surface area contributed by atoms with Crippen LogP contribution in [-0.4, -0.2) is 10.9 Å². The van der Waals surface area contributed by atoms with Crippen molar-refractivity contribution in [1.82, 2.24) is 4.98 Å². The SMILES string of the molecule is NC(=O)c1ccc(OCc2ccccn2)cc1. The molecule has 0 radical (unpaired) electrons. The van der Waals surface area contributed by atoms with Crippen LogP contribution in [0.25, 0.3) is 0 Å². The molecule has 4 heteroatoms. The molecule has 0 spiro atoms. The Hall–Kier alpha value is -2.36. The van der Waals surface area contributed by atoms with Crippen LogP contribution in [0.15, 0.2) is 48.7 Å². The topological polar surface area (TPSA) is 65.2 Å². The van der Waals surface area contributed by atoms with E-state index in [-0.39, 0.29) is 0 Å². The van der Waals surface area contributed by atoms with Crippen molar-refractivity contribution in [2.75, 3.05) is 0 Å². The Labute approximate surface area is 99.1 Å². The third-order valence-corrected chi connectivity index (χ3v) is 2.25. The highest BCUT2D eigenvalue weighted by molar-refractivity contribution is 5.92. The van der Waals surface area contributed by atoms with Crippen molar-refractivity contribution >= 4 is 5.91 Å². The van der Waals surface area contributed by atoms with Crippen molar-refractivity contribution in [1.29, 1.82) is 0 Å². The number of benzene rings is 1. The summed E-state index contributed by atoms with van der Waals surface area (Å²) in [4.78, 5) is 15.0. The standard InChI is InChI=1S/C13H12N2O2/c14-13(16)10-4-6-12(7-5-10)17-9-11-3-1-2-8-15-11/h1-8H,9H2,(H2,14,16). The maximum atomic E-state index is 10.9. The van der Waals surface area contributed by atoms with Gasteiger partial charge in [-0.2, -0.15) is 0 Å². The smallest absolute Gasteiger partial charge is 0.248 e. The Morgan fingerprint density at radius 3 is 2.53 bits per heavy atom. The van der Waals surface area contributed by atoms with Crippen molar-refractivity contribution in [3.63, 3.8) is 0 Å². The number of carbonyl (C=O) groups is 1. The molecule has 0 aliphatic carbocycles. The van der Waals surface area contributed by atoms with Gasteiger partial charge in [-0.1, -0.05) is 6.07 Å². The van der Waals surface area contributed by atoms with Gasteiger partial charge in [-0.3, -0.25) is 9.78 Å². The van der Waals surface area contributed by atoms with Crippen LogP contribution in [0.3, 0.4) is 0 Å². The van der Waals surface area contributed by atoms with E-state index < -0.39 is 5.91 Å². The highest BCUT2D eigenvalue weighted by Gasteiger charge is 2.00. The third-order valence-electron chi connectivity index (χ3n) is 2.25. The summed E-state index contributed by atoms with van der Waals surface area (Å²) in [5, 5.41) is 0. The van der Waals surface area contributed by atoms with Crippen LogP contribution in [0, 0.1) is 0 Å². The summed E-state index contributed by atoms with van der Waals surface area (Å²) in [6.45, 7) is 0.400. The fraction of sp³-hybridized carbons (Fsp3) is 0.0769. The molecular weight excluding hydrogens is 216 g/mol. The number of ether oxygens (including phenoxy) is 1. The zero-order valence-corrected chi connectivity index (χ0v) is 9.17. The van der Waals surface area contributed by atoms with Crippen LogP contribution >= 0.6 is 0 Å². The van der Waals surface area contributed by atoms with E-state index in [1.54, 1.807) is 30.5 Å². The van der Waals surface area contributed by atoms with E-state index in [2.05, 4.69) is 4.98 Å². The molecule has 1 aromatic heterocycles. The number of primary amides is 1. The second kappa shape index (κ2) is 5.12. The first-order valence-electron chi connectivity index (χ1n) is 5.18. The van der Waals surface area contributed by atoms with Crippen LogP contribution in [0.1, 0.15) is 16.1 Å². The number of nitrogens with zero attached hydrogens (tertiary/aromatic N) is 1. The summed E-state index contributed by atoms with van der Waals surface area (Å²) in [5.74, 6) is 0.238. The van der Waals surface area contributed by atoms with Crippen LogP contribution < -0.4 is 10.5 Å². The number of amides is 1. The lowest BCUT2D eigenvalue weighted by Gasteiger charge is -2.05. The van der Waals surface area contributed by atoms with Gasteiger partial charge in [0.15, 0.2) is 0 Å². The first-order valence-corrected chi connectivity index (χ1v) is 5.18. The number of nitrogens with two attached hydrogens (primary N) is 1. The zero-order valence-electron chi connectivity index (χ0n) is 9.17. The lowest BCUT2D eigenvalue weighted by molar-refractivity contribution is 0.100. The molecule has 0 unspecified atom stereocenters. The molecule has 0 bridgehead atoms. The molecular formula is C13H12N2O2. The average molecular weight is 228 g/mol. The zero-order chi connectivity index (χ0) is 12.1. The van der Waals surface area contributed by atoms with Crippen molar-refractivity contribution in [3.05, 3.63) is 59.9 Å². The number of aromatic nitrogens is 1. The summed E-state index contributed by atoms with van der Waals surface area (Å²) in [5.41, 5.74) is 6.46. The lowest BCUT2D eigenvalue weighted by atomic mass is 10.2. The van der Waals surface area contributed by atoms with E-state index in [0.29, 0.717) is 17.9 Å². The number of hydrogen-bond acceptors (Lipinski definition) is 3. The fourth-order valence-corrected chi connectivity index (χ4v) is 1.36. The van der Waals surface area contributed by atoms with Gasteiger partial charge in [-0.05, 0) is 36.4 Å². The number of pyridine rings is 1. The molecule has 0 atom stereocenters. The first kappa shape index (κ1) is 11.1. The molecule has 86 valence electrons. The summed E-state index contributed by atoms with van der Waals surface area (Å²) >= 11 is 0. The van der Waals surface area contributed by atoms with Gasteiger partial charge in [0.2, 0.25) is 5.91 Å². The predicted molar refractivity (Wildman–Crippen MR) is 63.5 cm³/mol. The van der Waals surface area contributed by atoms with E-state index >= 15 is 0 Å². The van der Waals surface area contributed by atoms with E-state index in [1.165, 1.54) is 0 Å². The van der Waals surface area contributed by atoms with Crippen LogP contribution in [-0.2, 0) is 6.61 Å². The van der Waals surface area contributed by atoms with Crippen LogP contribution in [0.4, 0.5) is 0 Å². The average Bonchev–Trinajstić information content (AvgIpc) is 2.38. The van der Waals surface area contributed by atoms with Crippen LogP contribution in [0.5, 0.6) is 5.75 Å². The van der Waals surface area contributed by atoms with Crippen molar-refractivity contribution in [2.24, 2.45) is 5.73 Å². The van der Waals surface area contributed by atoms with Crippen molar-refractivity contribution < 1.29 is 9.53 Å². The van der Waals surface area contributed by atoms with Gasteiger partial charge in [-0.15, -0.1) is 0 Å². The Bertz CT molecular complexity index is 495. The summed E-state index contributed by atoms with van der Waals surface area (Å²) in [6.07, 6.45) is 1.72. The maximum Gasteiger partial charge on any atom is 0.248 e. The van der Waals surface area contributed by atoms with Gasteiger partial charge in [0.1, 0.15) is 12.4 Å². The molecule has 1 amide bonds. The quantitative estimate of drug-likeness (QED) is 0.867. The Kier molecular flexibility index (Phi) is 3.35. The molecule has 0 saturated carbocycles. The molecule has 1 aromatic carbocycles. The van der Waals surface area contributed by atoms with E-state index in [1.807, 2.05) is 18.2 Å². The van der Waals surface area contributed by atoms with Gasteiger partial charge >= 0.3 is 0 Å². The molecule has 0 aliphatic rings. The maximum absolute atomic E-state index is 10.9. The molecule has 2 rings (SSSR count). The number of rotatable bonds is 4. The Balaban J connectivity index is 1.98. The Morgan fingerprint density at radius 1 is 1.18 bits per heavy atom. The molecule has 1 heterocycles. The number of carbonyl (C=O) groups excluding carboxylic acids is 1. The molecule has 2 aromatic rings. The second-order valence-corrected chi connectivity index (χ2v) is 3.50. The molecule has 17 heavy (non-hydrogen) atoms. The molecule has 4 nitrogen and oxygen atoms in total. The monoisotopic (exact) mass is 228 g/mol. The van der Waals surface area contributed by atoms with E-state index in [4.69, 9.17) is 10.5 Å². The molecule has 2 N–H and O–H groups in total. The summed E-state index contributed by atoms with van der Waals surface area (Å²) in [6, 6.07) is 12.3. The van der Waals surface area contributed by atoms with Crippen molar-refractivity contribution in [3.8, 4) is 5.75 Å². The van der Waals surface area contributed by atoms with Gasteiger partial charge in [0, 0.05) is 11.8 Å². The second-order valence-electron chi connectivity index (χ2n) is 3.50. The van der Waals surface area contributed by atoms with E-state index in [9.17, 15) is 4.79 Å². The predicted octanol–water partition coefficient (Wildman–Crippen LogP) is 1.76. The lowest BCUT2D eigenvalue weighted by Crippen LogP contribution is -2.10. The van der Waals surface area contributed by atoms with Gasteiger partial charge in [0.25, 0.3) is 0 Å². The minimum atomic E-state index is -0.443.